The average Bonchev–Trinajstić information content (AvgIpc) is 3.08. The van der Waals surface area contributed by atoms with Gasteiger partial charge in [0.1, 0.15) is 12.6 Å². The van der Waals surface area contributed by atoms with Gasteiger partial charge in [-0.3, -0.25) is 14.5 Å². The molecule has 4 amide bonds. The largest absolute Gasteiger partial charge is 0.480 e. The molecule has 1 aliphatic heterocycles. The summed E-state index contributed by atoms with van der Waals surface area (Å²) in [5, 5.41) is 33.1. The summed E-state index contributed by atoms with van der Waals surface area (Å²) in [5.41, 5.74) is 0. The van der Waals surface area contributed by atoms with Crippen LogP contribution in [0.15, 0.2) is 4.42 Å². The minimum Gasteiger partial charge on any atom is -0.480 e. The quantitative estimate of drug-likeness (QED) is 0.359. The number of carbonyl (C=O) groups is 4. The summed E-state index contributed by atoms with van der Waals surface area (Å²) in [7, 11) is 0. The Morgan fingerprint density at radius 2 is 1.89 bits per heavy atom. The topological polar surface area (TPSA) is 187 Å². The number of carboxylic acid groups (broad SMARTS) is 1. The standard InChI is InChI=1S/C15H22N6O7/c1-6(2)10(17-14(27)18-11(7(3)22)13(25)26)12-19-20-15(28-12)21-5-8(23)16-4-9(21)24/h6-7,10-11,22H,4-5H2,1-3H3,(H,16,23)(H,25,26)(H2,17,18,27). The first-order valence-electron chi connectivity index (χ1n) is 8.48. The van der Waals surface area contributed by atoms with Crippen molar-refractivity contribution in [3.05, 3.63) is 5.89 Å². The van der Waals surface area contributed by atoms with Crippen molar-refractivity contribution in [3.8, 4) is 0 Å². The second-order valence-electron chi connectivity index (χ2n) is 6.58. The lowest BCUT2D eigenvalue weighted by Gasteiger charge is -2.23. The Labute approximate surface area is 159 Å². The lowest BCUT2D eigenvalue weighted by atomic mass is 10.0. The predicted molar refractivity (Wildman–Crippen MR) is 92.0 cm³/mol. The van der Waals surface area contributed by atoms with E-state index in [4.69, 9.17) is 9.52 Å². The second-order valence-corrected chi connectivity index (χ2v) is 6.58. The lowest BCUT2D eigenvalue weighted by molar-refractivity contribution is -0.141. The first kappa shape index (κ1) is 21.1. The van der Waals surface area contributed by atoms with E-state index >= 15 is 0 Å². The maximum absolute atomic E-state index is 12.2. The number of hydrogen-bond donors (Lipinski definition) is 5. The maximum atomic E-state index is 12.2. The molecule has 0 spiro atoms. The molecule has 3 atom stereocenters. The highest BCUT2D eigenvalue weighted by Crippen LogP contribution is 2.24. The van der Waals surface area contributed by atoms with Gasteiger partial charge in [-0.1, -0.05) is 18.9 Å². The summed E-state index contributed by atoms with van der Waals surface area (Å²) in [6.45, 7) is 4.26. The Hall–Kier alpha value is -3.22. The lowest BCUT2D eigenvalue weighted by Crippen LogP contribution is -2.52. The molecular formula is C15H22N6O7. The van der Waals surface area contributed by atoms with Gasteiger partial charge in [0.05, 0.1) is 12.6 Å². The molecule has 13 heteroatoms. The third-order valence-corrected chi connectivity index (χ3v) is 3.95. The summed E-state index contributed by atoms with van der Waals surface area (Å²) in [6.07, 6.45) is -1.31. The number of carboxylic acids is 1. The molecule has 1 aromatic heterocycles. The number of nitrogens with one attached hydrogen (secondary N) is 3. The molecule has 1 aliphatic rings. The Morgan fingerprint density at radius 1 is 1.21 bits per heavy atom. The van der Waals surface area contributed by atoms with E-state index in [0.29, 0.717) is 0 Å². The van der Waals surface area contributed by atoms with Crippen molar-refractivity contribution in [3.63, 3.8) is 0 Å². The zero-order valence-corrected chi connectivity index (χ0v) is 15.5. The number of aliphatic hydroxyl groups is 1. The fourth-order valence-corrected chi connectivity index (χ4v) is 2.42. The van der Waals surface area contributed by atoms with Crippen LogP contribution in [0.25, 0.3) is 0 Å². The van der Waals surface area contributed by atoms with Gasteiger partial charge in [0, 0.05) is 0 Å². The predicted octanol–water partition coefficient (Wildman–Crippen LogP) is -1.64. The van der Waals surface area contributed by atoms with Crippen molar-refractivity contribution in [2.45, 2.75) is 39.0 Å². The molecule has 154 valence electrons. The van der Waals surface area contributed by atoms with Crippen LogP contribution in [-0.2, 0) is 14.4 Å². The van der Waals surface area contributed by atoms with Crippen LogP contribution in [0.3, 0.4) is 0 Å². The molecule has 2 heterocycles. The number of carbonyl (C=O) groups excluding carboxylic acids is 3. The van der Waals surface area contributed by atoms with E-state index in [1.807, 2.05) is 0 Å². The summed E-state index contributed by atoms with van der Waals surface area (Å²) >= 11 is 0. The van der Waals surface area contributed by atoms with E-state index in [2.05, 4.69) is 26.1 Å². The fourth-order valence-electron chi connectivity index (χ4n) is 2.42. The number of amides is 4. The molecule has 1 aromatic rings. The van der Waals surface area contributed by atoms with Crippen molar-refractivity contribution < 1.29 is 33.8 Å². The number of aliphatic hydroxyl groups excluding tert-OH is 1. The normalized spacial score (nSPS) is 17.7. The zero-order chi connectivity index (χ0) is 21.0. The van der Waals surface area contributed by atoms with Crippen LogP contribution in [0, 0.1) is 5.92 Å². The van der Waals surface area contributed by atoms with Gasteiger partial charge in [-0.25, -0.2) is 9.59 Å². The van der Waals surface area contributed by atoms with Gasteiger partial charge >= 0.3 is 18.0 Å². The van der Waals surface area contributed by atoms with E-state index in [1.165, 1.54) is 6.92 Å². The van der Waals surface area contributed by atoms with Crippen LogP contribution in [0.1, 0.15) is 32.7 Å². The fraction of sp³-hybridized carbons (Fsp3) is 0.600. The minimum atomic E-state index is -1.50. The summed E-state index contributed by atoms with van der Waals surface area (Å²) in [5.74, 6) is -2.47. The third-order valence-electron chi connectivity index (χ3n) is 3.95. The number of rotatable bonds is 7. The molecule has 0 aliphatic carbocycles. The van der Waals surface area contributed by atoms with Crippen molar-refractivity contribution in [2.24, 2.45) is 5.92 Å². The molecule has 0 radical (unpaired) electrons. The van der Waals surface area contributed by atoms with Gasteiger partial charge in [-0.2, -0.15) is 0 Å². The number of aliphatic carboxylic acids is 1. The van der Waals surface area contributed by atoms with E-state index in [9.17, 15) is 24.3 Å². The van der Waals surface area contributed by atoms with Gasteiger partial charge in [0.25, 0.3) is 0 Å². The van der Waals surface area contributed by atoms with Crippen molar-refractivity contribution in [1.29, 1.82) is 0 Å². The Balaban J connectivity index is 2.13. The molecule has 0 saturated carbocycles. The van der Waals surface area contributed by atoms with E-state index < -0.39 is 36.1 Å². The number of nitrogens with zero attached hydrogens (tertiary/aromatic N) is 3. The van der Waals surface area contributed by atoms with Crippen LogP contribution in [0.5, 0.6) is 0 Å². The van der Waals surface area contributed by atoms with Crippen LogP contribution in [0.4, 0.5) is 10.8 Å². The highest BCUT2D eigenvalue weighted by atomic mass is 16.4. The highest BCUT2D eigenvalue weighted by molar-refractivity contribution is 6.03. The SMILES string of the molecule is CC(C)C(NC(=O)NC(C(=O)O)C(C)O)c1nnc(N2CC(=O)NCC2=O)o1. The van der Waals surface area contributed by atoms with Crippen molar-refractivity contribution >= 4 is 29.8 Å². The number of anilines is 1. The number of piperazine rings is 1. The average molecular weight is 398 g/mol. The highest BCUT2D eigenvalue weighted by Gasteiger charge is 2.32. The number of aromatic nitrogens is 2. The van der Waals surface area contributed by atoms with Crippen LogP contribution in [0.2, 0.25) is 0 Å². The number of hydrogen-bond acceptors (Lipinski definition) is 8. The molecule has 0 aromatic carbocycles. The van der Waals surface area contributed by atoms with Gasteiger partial charge in [0.15, 0.2) is 6.04 Å². The molecule has 1 saturated heterocycles. The van der Waals surface area contributed by atoms with Crippen LogP contribution in [-0.4, -0.2) is 69.5 Å². The third kappa shape index (κ3) is 4.94. The molecule has 3 unspecified atom stereocenters. The van der Waals surface area contributed by atoms with Crippen molar-refractivity contribution in [1.82, 2.24) is 26.1 Å². The zero-order valence-electron chi connectivity index (χ0n) is 15.5. The molecule has 1 fully saturated rings. The van der Waals surface area contributed by atoms with E-state index in [0.717, 1.165) is 4.90 Å². The maximum Gasteiger partial charge on any atom is 0.328 e. The van der Waals surface area contributed by atoms with Gasteiger partial charge < -0.3 is 30.6 Å². The van der Waals surface area contributed by atoms with Crippen molar-refractivity contribution in [2.75, 3.05) is 18.0 Å². The Morgan fingerprint density at radius 3 is 2.46 bits per heavy atom. The number of urea groups is 1. The van der Waals surface area contributed by atoms with Gasteiger partial charge in [-0.05, 0) is 12.8 Å². The Kier molecular flexibility index (Phi) is 6.51. The van der Waals surface area contributed by atoms with Crippen LogP contribution < -0.4 is 20.9 Å². The molecule has 28 heavy (non-hydrogen) atoms. The molecule has 0 bridgehead atoms. The van der Waals surface area contributed by atoms with E-state index in [1.54, 1.807) is 13.8 Å². The van der Waals surface area contributed by atoms with Crippen LogP contribution >= 0.6 is 0 Å². The molecule has 13 nitrogen and oxygen atoms in total. The summed E-state index contributed by atoms with van der Waals surface area (Å²) in [6, 6.07) is -3.36. The smallest absolute Gasteiger partial charge is 0.328 e. The summed E-state index contributed by atoms with van der Waals surface area (Å²) in [4.78, 5) is 47.6. The van der Waals surface area contributed by atoms with Gasteiger partial charge in [0.2, 0.25) is 17.7 Å². The minimum absolute atomic E-state index is 0.0251. The first-order chi connectivity index (χ1) is 13.1. The summed E-state index contributed by atoms with van der Waals surface area (Å²) < 4.78 is 5.46. The first-order valence-corrected chi connectivity index (χ1v) is 8.48. The second kappa shape index (κ2) is 8.65. The van der Waals surface area contributed by atoms with E-state index in [-0.39, 0.29) is 36.8 Å². The monoisotopic (exact) mass is 398 g/mol. The molecule has 2 rings (SSSR count). The van der Waals surface area contributed by atoms with Gasteiger partial charge in [-0.15, -0.1) is 5.10 Å². The molecule has 5 N–H and O–H groups in total. The molecular weight excluding hydrogens is 376 g/mol. The Bertz CT molecular complexity index is 762.